The second-order valence-corrected chi connectivity index (χ2v) is 9.30. The Kier molecular flexibility index (Phi) is 6.67. The molecular weight excluding hydrogens is 444 g/mol. The van der Waals surface area contributed by atoms with Crippen molar-refractivity contribution in [2.45, 2.75) is 32.7 Å². The van der Waals surface area contributed by atoms with E-state index in [1.807, 2.05) is 38.8 Å². The van der Waals surface area contributed by atoms with Crippen molar-refractivity contribution in [3.05, 3.63) is 96.4 Å². The van der Waals surface area contributed by atoms with Crippen LogP contribution in [0.1, 0.15) is 25.0 Å². The maximum Gasteiger partial charge on any atom is 0.224 e. The van der Waals surface area contributed by atoms with Crippen molar-refractivity contribution in [1.82, 2.24) is 19.5 Å². The first-order valence-corrected chi connectivity index (χ1v) is 12.4. The number of imidazole rings is 1. The number of aromatic nitrogens is 4. The van der Waals surface area contributed by atoms with E-state index < -0.39 is 0 Å². The summed E-state index contributed by atoms with van der Waals surface area (Å²) in [7, 11) is 4.07. The first-order chi connectivity index (χ1) is 17.5. The molecule has 5 rings (SSSR count). The van der Waals surface area contributed by atoms with E-state index in [2.05, 4.69) is 99.3 Å². The Balaban J connectivity index is 1.41. The first-order valence-electron chi connectivity index (χ1n) is 12.4. The number of nitrogens with zero attached hydrogens (tertiary/aromatic N) is 5. The van der Waals surface area contributed by atoms with Crippen LogP contribution in [0.25, 0.3) is 22.2 Å². The fraction of sp³-hybridized carbons (Fsp3) is 0.233. The molecule has 0 saturated carbocycles. The third-order valence-corrected chi connectivity index (χ3v) is 6.59. The Morgan fingerprint density at radius 1 is 0.944 bits per heavy atom. The Labute approximate surface area is 212 Å². The summed E-state index contributed by atoms with van der Waals surface area (Å²) in [5, 5.41) is 3.48. The lowest BCUT2D eigenvalue weighted by Crippen LogP contribution is -2.21. The molecule has 3 aromatic carbocycles. The van der Waals surface area contributed by atoms with Crippen LogP contribution in [0.15, 0.2) is 85.3 Å². The number of hydrogen-bond donors (Lipinski definition) is 1. The number of nitrogens with one attached hydrogen (secondary N) is 1. The fourth-order valence-electron chi connectivity index (χ4n) is 4.59. The summed E-state index contributed by atoms with van der Waals surface area (Å²) in [5.41, 5.74) is 8.04. The van der Waals surface area contributed by atoms with Gasteiger partial charge >= 0.3 is 0 Å². The molecule has 0 spiro atoms. The average Bonchev–Trinajstić information content (AvgIpc) is 3.29. The summed E-state index contributed by atoms with van der Waals surface area (Å²) < 4.78 is 2.06. The standard InChI is InChI=1S/C30H32N6/c1-5-22-10-9-11-23(17-22)16-21(2)33-30-31-15-14-28(34-30)36(4)25-18-26(24-12-7-6-8-13-24)29-27(19-25)35(3)20-32-29/h6-15,17-21H,5,16H2,1-4H3,(H,31,33,34)/t21-/m0/s1. The summed E-state index contributed by atoms with van der Waals surface area (Å²) in [6, 6.07) is 25.7. The Morgan fingerprint density at radius 3 is 2.56 bits per heavy atom. The molecule has 6 nitrogen and oxygen atoms in total. The number of aryl methyl sites for hydroxylation is 2. The first kappa shape index (κ1) is 23.5. The number of rotatable bonds is 8. The molecule has 2 aromatic heterocycles. The van der Waals surface area contributed by atoms with E-state index in [4.69, 9.17) is 4.98 Å². The Hall–Kier alpha value is -4.19. The van der Waals surface area contributed by atoms with Gasteiger partial charge in [-0.15, -0.1) is 0 Å². The molecule has 182 valence electrons. The minimum Gasteiger partial charge on any atom is -0.351 e. The van der Waals surface area contributed by atoms with Gasteiger partial charge in [0.05, 0.1) is 17.4 Å². The van der Waals surface area contributed by atoms with Crippen LogP contribution in [0.5, 0.6) is 0 Å². The van der Waals surface area contributed by atoms with Crippen LogP contribution in [0.2, 0.25) is 0 Å². The summed E-state index contributed by atoms with van der Waals surface area (Å²) >= 11 is 0. The van der Waals surface area contributed by atoms with Gasteiger partial charge in [-0.2, -0.15) is 4.98 Å². The van der Waals surface area contributed by atoms with Gasteiger partial charge in [0, 0.05) is 37.6 Å². The number of anilines is 3. The third kappa shape index (κ3) is 4.93. The van der Waals surface area contributed by atoms with Gasteiger partial charge in [-0.25, -0.2) is 9.97 Å². The van der Waals surface area contributed by atoms with E-state index in [-0.39, 0.29) is 6.04 Å². The van der Waals surface area contributed by atoms with E-state index in [9.17, 15) is 0 Å². The maximum atomic E-state index is 4.84. The van der Waals surface area contributed by atoms with Crippen LogP contribution < -0.4 is 10.2 Å². The highest BCUT2D eigenvalue weighted by molar-refractivity contribution is 5.95. The minimum atomic E-state index is 0.202. The SMILES string of the molecule is CCc1cccc(C[C@H](C)Nc2nccc(N(C)c3cc(-c4ccccc4)c4ncn(C)c4c3)n2)c1. The Bertz CT molecular complexity index is 1470. The van der Waals surface area contributed by atoms with Crippen LogP contribution in [0.3, 0.4) is 0 Å². The molecule has 0 radical (unpaired) electrons. The zero-order valence-electron chi connectivity index (χ0n) is 21.3. The van der Waals surface area contributed by atoms with Gasteiger partial charge in [0.15, 0.2) is 0 Å². The molecule has 0 aliphatic heterocycles. The van der Waals surface area contributed by atoms with E-state index in [0.29, 0.717) is 5.95 Å². The average molecular weight is 477 g/mol. The fourth-order valence-corrected chi connectivity index (χ4v) is 4.59. The van der Waals surface area contributed by atoms with Gasteiger partial charge in [-0.1, -0.05) is 61.5 Å². The zero-order valence-corrected chi connectivity index (χ0v) is 21.3. The van der Waals surface area contributed by atoms with Gasteiger partial charge in [0.2, 0.25) is 5.95 Å². The second kappa shape index (κ2) is 10.2. The Morgan fingerprint density at radius 2 is 1.75 bits per heavy atom. The van der Waals surface area contributed by atoms with Gasteiger partial charge in [-0.3, -0.25) is 0 Å². The third-order valence-electron chi connectivity index (χ3n) is 6.59. The lowest BCUT2D eigenvalue weighted by molar-refractivity contribution is 0.775. The lowest BCUT2D eigenvalue weighted by Gasteiger charge is -2.21. The van der Waals surface area contributed by atoms with Crippen molar-refractivity contribution in [2.24, 2.45) is 7.05 Å². The highest BCUT2D eigenvalue weighted by Crippen LogP contribution is 2.34. The van der Waals surface area contributed by atoms with Crippen molar-refractivity contribution in [3.63, 3.8) is 0 Å². The van der Waals surface area contributed by atoms with E-state index in [1.54, 1.807) is 0 Å². The molecule has 6 heteroatoms. The number of hydrogen-bond acceptors (Lipinski definition) is 5. The number of fused-ring (bicyclic) bond motifs is 1. The molecule has 5 aromatic rings. The van der Waals surface area contributed by atoms with Crippen molar-refractivity contribution in [1.29, 1.82) is 0 Å². The molecule has 0 aliphatic rings. The van der Waals surface area contributed by atoms with Crippen LogP contribution in [0.4, 0.5) is 17.5 Å². The minimum absolute atomic E-state index is 0.202. The van der Waals surface area contributed by atoms with Gasteiger partial charge < -0.3 is 14.8 Å². The van der Waals surface area contributed by atoms with E-state index in [1.165, 1.54) is 11.1 Å². The van der Waals surface area contributed by atoms with Crippen molar-refractivity contribution in [2.75, 3.05) is 17.3 Å². The predicted octanol–water partition coefficient (Wildman–Crippen LogP) is 6.40. The van der Waals surface area contributed by atoms with Crippen molar-refractivity contribution in [3.8, 4) is 11.1 Å². The van der Waals surface area contributed by atoms with Crippen LogP contribution >= 0.6 is 0 Å². The van der Waals surface area contributed by atoms with Gasteiger partial charge in [0.25, 0.3) is 0 Å². The lowest BCUT2D eigenvalue weighted by atomic mass is 10.0. The summed E-state index contributed by atoms with van der Waals surface area (Å²) in [6.07, 6.45) is 5.64. The monoisotopic (exact) mass is 476 g/mol. The molecule has 0 bridgehead atoms. The largest absolute Gasteiger partial charge is 0.351 e. The number of benzene rings is 3. The molecule has 0 fully saturated rings. The smallest absolute Gasteiger partial charge is 0.224 e. The molecule has 2 heterocycles. The highest BCUT2D eigenvalue weighted by Gasteiger charge is 2.15. The molecule has 1 atom stereocenters. The molecule has 1 N–H and O–H groups in total. The summed E-state index contributed by atoms with van der Waals surface area (Å²) in [6.45, 7) is 4.35. The molecule has 0 unspecified atom stereocenters. The summed E-state index contributed by atoms with van der Waals surface area (Å²) in [4.78, 5) is 16.1. The van der Waals surface area contributed by atoms with Gasteiger partial charge in [-0.05, 0) is 54.7 Å². The van der Waals surface area contributed by atoms with E-state index >= 15 is 0 Å². The molecule has 0 amide bonds. The van der Waals surface area contributed by atoms with Crippen LogP contribution in [-0.4, -0.2) is 32.6 Å². The topological polar surface area (TPSA) is 58.9 Å². The molecule has 36 heavy (non-hydrogen) atoms. The molecular formula is C30H32N6. The predicted molar refractivity (Wildman–Crippen MR) is 149 cm³/mol. The van der Waals surface area contributed by atoms with Gasteiger partial charge in [0.1, 0.15) is 5.82 Å². The quantitative estimate of drug-likeness (QED) is 0.281. The zero-order chi connectivity index (χ0) is 25.1. The van der Waals surface area contributed by atoms with Crippen molar-refractivity contribution < 1.29 is 0 Å². The second-order valence-electron chi connectivity index (χ2n) is 9.30. The maximum absolute atomic E-state index is 4.84. The van der Waals surface area contributed by atoms with E-state index in [0.717, 1.165) is 46.5 Å². The molecule has 0 aliphatic carbocycles. The normalized spacial score (nSPS) is 12.0. The molecule has 0 saturated heterocycles. The summed E-state index contributed by atoms with van der Waals surface area (Å²) in [5.74, 6) is 1.46. The van der Waals surface area contributed by atoms with Crippen LogP contribution in [0, 0.1) is 0 Å². The van der Waals surface area contributed by atoms with Crippen LogP contribution in [-0.2, 0) is 19.9 Å². The van der Waals surface area contributed by atoms with Crippen molar-refractivity contribution >= 4 is 28.5 Å². The highest BCUT2D eigenvalue weighted by atomic mass is 15.2.